The average Bonchev–Trinajstić information content (AvgIpc) is 2.75. The summed E-state index contributed by atoms with van der Waals surface area (Å²) in [4.78, 5) is 26.3. The summed E-state index contributed by atoms with van der Waals surface area (Å²) in [7, 11) is 1.90. The fourth-order valence-electron chi connectivity index (χ4n) is 6.49. The van der Waals surface area contributed by atoms with Crippen LogP contribution in [0.15, 0.2) is 12.2 Å². The van der Waals surface area contributed by atoms with E-state index in [-0.39, 0.29) is 29.1 Å². The van der Waals surface area contributed by atoms with Crippen LogP contribution < -0.4 is 0 Å². The number of carbonyl (C=O) groups excluding carboxylic acids is 2. The molecule has 3 saturated carbocycles. The zero-order valence-corrected chi connectivity index (χ0v) is 14.2. The molecule has 2 unspecified atom stereocenters. The SMILES string of the molecule is CN1C(=O)C=C[C@@]2(C)C1CC[C@@H]1[C@H]2CC[C@]2(C)C(=O)C(F)C[C@@H]12. The van der Waals surface area contributed by atoms with Crippen LogP contribution in [0.1, 0.15) is 46.0 Å². The van der Waals surface area contributed by atoms with Crippen LogP contribution in [0.4, 0.5) is 4.39 Å². The van der Waals surface area contributed by atoms with Gasteiger partial charge in [0, 0.05) is 23.9 Å². The van der Waals surface area contributed by atoms with Crippen molar-refractivity contribution in [3.63, 3.8) is 0 Å². The van der Waals surface area contributed by atoms with Crippen molar-refractivity contribution in [1.29, 1.82) is 0 Å². The smallest absolute Gasteiger partial charge is 0.246 e. The number of amides is 1. The summed E-state index contributed by atoms with van der Waals surface area (Å²) < 4.78 is 14.1. The van der Waals surface area contributed by atoms with Gasteiger partial charge in [-0.3, -0.25) is 9.59 Å². The topological polar surface area (TPSA) is 37.4 Å². The standard InChI is InChI=1S/C19H26FNO2/c1-18-9-7-16(22)21(3)15(18)5-4-11-12(18)6-8-19(2)13(11)10-14(20)17(19)23/h7,9,11-15H,4-6,8,10H2,1-3H3/t11-,12-,13+,14?,15?,18-,19+/m1/s1. The molecule has 23 heavy (non-hydrogen) atoms. The van der Waals surface area contributed by atoms with Gasteiger partial charge >= 0.3 is 0 Å². The molecule has 4 heteroatoms. The third kappa shape index (κ3) is 1.81. The molecular formula is C19H26FNO2. The highest BCUT2D eigenvalue weighted by atomic mass is 19.1. The van der Waals surface area contributed by atoms with Crippen LogP contribution >= 0.6 is 0 Å². The number of carbonyl (C=O) groups is 2. The van der Waals surface area contributed by atoms with Gasteiger partial charge in [-0.15, -0.1) is 0 Å². The molecule has 0 aromatic heterocycles. The molecule has 4 rings (SSSR count). The molecular weight excluding hydrogens is 293 g/mol. The van der Waals surface area contributed by atoms with E-state index in [9.17, 15) is 14.0 Å². The molecule has 0 N–H and O–H groups in total. The van der Waals surface area contributed by atoms with E-state index in [2.05, 4.69) is 13.0 Å². The van der Waals surface area contributed by atoms with Crippen molar-refractivity contribution in [3.8, 4) is 0 Å². The number of hydrogen-bond acceptors (Lipinski definition) is 2. The Morgan fingerprint density at radius 2 is 1.91 bits per heavy atom. The molecule has 126 valence electrons. The van der Waals surface area contributed by atoms with E-state index in [4.69, 9.17) is 0 Å². The zero-order chi connectivity index (χ0) is 16.6. The molecule has 0 radical (unpaired) electrons. The summed E-state index contributed by atoms with van der Waals surface area (Å²) in [6.07, 6.45) is 6.71. The third-order valence-electron chi connectivity index (χ3n) is 7.83. The van der Waals surface area contributed by atoms with Crippen molar-refractivity contribution in [1.82, 2.24) is 4.90 Å². The quantitative estimate of drug-likeness (QED) is 0.688. The first-order valence-electron chi connectivity index (χ1n) is 8.93. The third-order valence-corrected chi connectivity index (χ3v) is 7.83. The highest BCUT2D eigenvalue weighted by Gasteiger charge is 2.62. The van der Waals surface area contributed by atoms with E-state index in [0.717, 1.165) is 25.7 Å². The lowest BCUT2D eigenvalue weighted by Gasteiger charge is -2.59. The Kier molecular flexibility index (Phi) is 3.12. The number of alkyl halides is 1. The monoisotopic (exact) mass is 319 g/mol. The average molecular weight is 319 g/mol. The van der Waals surface area contributed by atoms with Crippen LogP contribution in [0.25, 0.3) is 0 Å². The Balaban J connectivity index is 1.71. The van der Waals surface area contributed by atoms with Gasteiger partial charge in [0.1, 0.15) is 0 Å². The second-order valence-corrected chi connectivity index (χ2v) is 8.64. The maximum atomic E-state index is 14.1. The van der Waals surface area contributed by atoms with Crippen LogP contribution in [0.5, 0.6) is 0 Å². The molecule has 1 amide bonds. The highest BCUT2D eigenvalue weighted by Crippen LogP contribution is 2.63. The van der Waals surface area contributed by atoms with Crippen LogP contribution in [-0.2, 0) is 9.59 Å². The number of Topliss-reactive ketones (excluding diaryl/α,β-unsaturated/α-hetero) is 1. The lowest BCUT2D eigenvalue weighted by Crippen LogP contribution is -2.59. The van der Waals surface area contributed by atoms with Crippen molar-refractivity contribution < 1.29 is 14.0 Å². The summed E-state index contributed by atoms with van der Waals surface area (Å²) >= 11 is 0. The van der Waals surface area contributed by atoms with Crippen LogP contribution in [-0.4, -0.2) is 35.9 Å². The summed E-state index contributed by atoms with van der Waals surface area (Å²) in [5.41, 5.74) is -0.492. The van der Waals surface area contributed by atoms with Crippen molar-refractivity contribution in [2.75, 3.05) is 7.05 Å². The Morgan fingerprint density at radius 3 is 2.65 bits per heavy atom. The summed E-state index contributed by atoms with van der Waals surface area (Å²) in [6.45, 7) is 4.26. The molecule has 3 nitrogen and oxygen atoms in total. The predicted molar refractivity (Wildman–Crippen MR) is 85.4 cm³/mol. The Morgan fingerprint density at radius 1 is 1.17 bits per heavy atom. The fraction of sp³-hybridized carbons (Fsp3) is 0.789. The van der Waals surface area contributed by atoms with E-state index >= 15 is 0 Å². The highest BCUT2D eigenvalue weighted by molar-refractivity contribution is 5.91. The number of fused-ring (bicyclic) bond motifs is 5. The van der Waals surface area contributed by atoms with E-state index < -0.39 is 11.6 Å². The number of rotatable bonds is 0. The van der Waals surface area contributed by atoms with E-state index in [0.29, 0.717) is 18.3 Å². The normalized spacial score (nSPS) is 52.2. The van der Waals surface area contributed by atoms with Gasteiger partial charge in [-0.2, -0.15) is 0 Å². The molecule has 0 aromatic rings. The van der Waals surface area contributed by atoms with E-state index in [1.165, 1.54) is 0 Å². The summed E-state index contributed by atoms with van der Waals surface area (Å²) in [5.74, 6) is 0.971. The van der Waals surface area contributed by atoms with Gasteiger partial charge in [0.2, 0.25) is 5.91 Å². The fourth-order valence-corrected chi connectivity index (χ4v) is 6.49. The minimum Gasteiger partial charge on any atom is -0.338 e. The molecule has 7 atom stereocenters. The number of ketones is 1. The largest absolute Gasteiger partial charge is 0.338 e. The maximum Gasteiger partial charge on any atom is 0.246 e. The van der Waals surface area contributed by atoms with E-state index in [1.807, 2.05) is 18.9 Å². The summed E-state index contributed by atoms with van der Waals surface area (Å²) in [6, 6.07) is 0.240. The summed E-state index contributed by atoms with van der Waals surface area (Å²) in [5, 5.41) is 0. The van der Waals surface area contributed by atoms with Crippen molar-refractivity contribution in [2.24, 2.45) is 28.6 Å². The second-order valence-electron chi connectivity index (χ2n) is 8.64. The molecule has 0 bridgehead atoms. The van der Waals surface area contributed by atoms with Gasteiger partial charge in [0.05, 0.1) is 0 Å². The van der Waals surface area contributed by atoms with Gasteiger partial charge in [0.15, 0.2) is 12.0 Å². The first-order chi connectivity index (χ1) is 10.8. The molecule has 3 aliphatic carbocycles. The first kappa shape index (κ1) is 15.3. The maximum absolute atomic E-state index is 14.1. The zero-order valence-electron chi connectivity index (χ0n) is 14.2. The van der Waals surface area contributed by atoms with Gasteiger partial charge in [-0.05, 0) is 55.9 Å². The molecule has 1 aliphatic heterocycles. The van der Waals surface area contributed by atoms with Gasteiger partial charge < -0.3 is 4.90 Å². The van der Waals surface area contributed by atoms with E-state index in [1.54, 1.807) is 6.08 Å². The van der Waals surface area contributed by atoms with Gasteiger partial charge in [-0.25, -0.2) is 4.39 Å². The lowest BCUT2D eigenvalue weighted by molar-refractivity contribution is -0.142. The second kappa shape index (κ2) is 4.67. The molecule has 3 fully saturated rings. The Hall–Kier alpha value is -1.19. The minimum absolute atomic E-state index is 0.0373. The molecule has 1 heterocycles. The Bertz CT molecular complexity index is 602. The minimum atomic E-state index is -1.26. The number of halogens is 1. The predicted octanol–water partition coefficient (Wildman–Crippen LogP) is 3.14. The van der Waals surface area contributed by atoms with Crippen LogP contribution in [0.2, 0.25) is 0 Å². The molecule has 0 spiro atoms. The molecule has 0 aromatic carbocycles. The first-order valence-corrected chi connectivity index (χ1v) is 8.93. The van der Waals surface area contributed by atoms with Gasteiger partial charge in [-0.1, -0.05) is 19.9 Å². The van der Waals surface area contributed by atoms with Crippen molar-refractivity contribution in [2.45, 2.75) is 58.2 Å². The van der Waals surface area contributed by atoms with Crippen LogP contribution in [0.3, 0.4) is 0 Å². The molecule has 4 aliphatic rings. The van der Waals surface area contributed by atoms with Crippen molar-refractivity contribution >= 4 is 11.7 Å². The molecule has 0 saturated heterocycles. The Labute approximate surface area is 137 Å². The number of hydrogen-bond donors (Lipinski definition) is 0. The van der Waals surface area contributed by atoms with Gasteiger partial charge in [0.25, 0.3) is 0 Å². The van der Waals surface area contributed by atoms with Crippen LogP contribution in [0, 0.1) is 28.6 Å². The number of likely N-dealkylation sites (N-methyl/N-ethyl adjacent to an activating group) is 1. The lowest BCUT2D eigenvalue weighted by atomic mass is 9.48. The van der Waals surface area contributed by atoms with Crippen molar-refractivity contribution in [3.05, 3.63) is 12.2 Å². The number of nitrogens with zero attached hydrogens (tertiary/aromatic N) is 1.